The van der Waals surface area contributed by atoms with Crippen molar-refractivity contribution in [3.8, 4) is 11.5 Å². The third-order valence-corrected chi connectivity index (χ3v) is 6.61. The Morgan fingerprint density at radius 2 is 1.82 bits per heavy atom. The maximum absolute atomic E-state index is 14.7. The number of ether oxygens (including phenoxy) is 2. The highest BCUT2D eigenvalue weighted by atomic mass is 19.1. The summed E-state index contributed by atoms with van der Waals surface area (Å²) in [4.78, 5) is 2.39. The number of nitrogens with zero attached hydrogens (tertiary/aromatic N) is 1. The molecule has 0 aromatic heterocycles. The summed E-state index contributed by atoms with van der Waals surface area (Å²) in [5.41, 5.74) is 1.71. The SMILES string of the molecule is COc1cc(F)c(CN2[C@H]3CC[C@@H]2[C@@](CO)(Cc2ccccc2)C3)cc1OC. The van der Waals surface area contributed by atoms with Crippen molar-refractivity contribution in [2.45, 2.75) is 44.3 Å². The molecule has 2 aliphatic heterocycles. The molecule has 2 aliphatic rings. The van der Waals surface area contributed by atoms with Gasteiger partial charge in [0.2, 0.25) is 0 Å². The lowest BCUT2D eigenvalue weighted by Gasteiger charge is -2.36. The highest BCUT2D eigenvalue weighted by Crippen LogP contribution is 2.52. The van der Waals surface area contributed by atoms with Gasteiger partial charge < -0.3 is 14.6 Å². The molecule has 0 spiro atoms. The van der Waals surface area contributed by atoms with Gasteiger partial charge in [0.05, 0.1) is 20.8 Å². The Morgan fingerprint density at radius 3 is 2.50 bits per heavy atom. The Morgan fingerprint density at radius 1 is 1.11 bits per heavy atom. The predicted octanol–water partition coefficient (Wildman–Crippen LogP) is 3.80. The molecule has 2 bridgehead atoms. The van der Waals surface area contributed by atoms with Crippen LogP contribution in [0.2, 0.25) is 0 Å². The summed E-state index contributed by atoms with van der Waals surface area (Å²) in [6, 6.07) is 14.1. The van der Waals surface area contributed by atoms with Gasteiger partial charge in [0.1, 0.15) is 5.82 Å². The van der Waals surface area contributed by atoms with E-state index in [-0.39, 0.29) is 23.9 Å². The van der Waals surface area contributed by atoms with Crippen LogP contribution in [0.25, 0.3) is 0 Å². The minimum absolute atomic E-state index is 0.155. The zero-order valence-electron chi connectivity index (χ0n) is 16.5. The molecule has 5 heteroatoms. The van der Waals surface area contributed by atoms with E-state index in [1.807, 2.05) is 18.2 Å². The Kier molecular flexibility index (Phi) is 5.30. The predicted molar refractivity (Wildman–Crippen MR) is 106 cm³/mol. The van der Waals surface area contributed by atoms with Crippen LogP contribution in [0.4, 0.5) is 4.39 Å². The van der Waals surface area contributed by atoms with Crippen molar-refractivity contribution < 1.29 is 19.0 Å². The van der Waals surface area contributed by atoms with Crippen molar-refractivity contribution in [3.05, 3.63) is 59.4 Å². The lowest BCUT2D eigenvalue weighted by atomic mass is 9.70. The molecule has 0 aliphatic carbocycles. The number of hydrogen-bond donors (Lipinski definition) is 1. The largest absolute Gasteiger partial charge is 0.493 e. The summed E-state index contributed by atoms with van der Waals surface area (Å²) in [5, 5.41) is 10.4. The average molecular weight is 385 g/mol. The molecule has 0 saturated carbocycles. The quantitative estimate of drug-likeness (QED) is 0.787. The number of hydrogen-bond acceptors (Lipinski definition) is 4. The van der Waals surface area contributed by atoms with Crippen LogP contribution in [-0.2, 0) is 13.0 Å². The van der Waals surface area contributed by atoms with Gasteiger partial charge in [-0.25, -0.2) is 4.39 Å². The van der Waals surface area contributed by atoms with Crippen molar-refractivity contribution in [1.82, 2.24) is 4.90 Å². The number of methoxy groups -OCH3 is 2. The van der Waals surface area contributed by atoms with Gasteiger partial charge in [-0.05, 0) is 37.3 Å². The fraction of sp³-hybridized carbons (Fsp3) is 0.478. The molecule has 4 nitrogen and oxygen atoms in total. The molecule has 1 N–H and O–H groups in total. The molecule has 0 amide bonds. The Hall–Kier alpha value is -2.11. The lowest BCUT2D eigenvalue weighted by Crippen LogP contribution is -2.41. The molecular weight excluding hydrogens is 357 g/mol. The van der Waals surface area contributed by atoms with Crippen LogP contribution in [-0.4, -0.2) is 42.9 Å². The highest BCUT2D eigenvalue weighted by molar-refractivity contribution is 5.44. The van der Waals surface area contributed by atoms with Gasteiger partial charge in [-0.3, -0.25) is 4.90 Å². The maximum Gasteiger partial charge on any atom is 0.163 e. The van der Waals surface area contributed by atoms with E-state index in [0.29, 0.717) is 29.6 Å². The molecule has 0 radical (unpaired) electrons. The molecule has 2 saturated heterocycles. The van der Waals surface area contributed by atoms with E-state index in [4.69, 9.17) is 9.47 Å². The second kappa shape index (κ2) is 7.72. The summed E-state index contributed by atoms with van der Waals surface area (Å²) >= 11 is 0. The van der Waals surface area contributed by atoms with Crippen molar-refractivity contribution >= 4 is 0 Å². The fourth-order valence-corrected chi connectivity index (χ4v) is 5.29. The summed E-state index contributed by atoms with van der Waals surface area (Å²) in [5.74, 6) is 0.673. The monoisotopic (exact) mass is 385 g/mol. The summed E-state index contributed by atoms with van der Waals surface area (Å²) in [6.07, 6.45) is 3.97. The molecule has 2 fully saturated rings. The van der Waals surface area contributed by atoms with Gasteiger partial charge in [-0.1, -0.05) is 30.3 Å². The Labute approximate surface area is 165 Å². The number of benzene rings is 2. The van der Waals surface area contributed by atoms with E-state index in [1.165, 1.54) is 18.7 Å². The third kappa shape index (κ3) is 3.27. The van der Waals surface area contributed by atoms with Gasteiger partial charge >= 0.3 is 0 Å². The molecule has 3 atom stereocenters. The fourth-order valence-electron chi connectivity index (χ4n) is 5.29. The van der Waals surface area contributed by atoms with E-state index < -0.39 is 0 Å². The van der Waals surface area contributed by atoms with Crippen molar-refractivity contribution in [1.29, 1.82) is 0 Å². The molecule has 2 heterocycles. The standard InChI is InChI=1S/C23H28FNO3/c1-27-20-10-17(19(24)11-21(20)28-2)14-25-18-8-9-22(25)23(13-18,15-26)12-16-6-4-3-5-7-16/h3-7,10-11,18,22,26H,8-9,12-15H2,1-2H3/t18-,22+,23-/m0/s1. The summed E-state index contributed by atoms with van der Waals surface area (Å²) < 4.78 is 25.2. The maximum atomic E-state index is 14.7. The van der Waals surface area contributed by atoms with Crippen LogP contribution in [0.5, 0.6) is 11.5 Å². The van der Waals surface area contributed by atoms with E-state index >= 15 is 0 Å². The van der Waals surface area contributed by atoms with Crippen LogP contribution in [0.15, 0.2) is 42.5 Å². The van der Waals surface area contributed by atoms with Gasteiger partial charge in [0, 0.05) is 35.7 Å². The van der Waals surface area contributed by atoms with Crippen molar-refractivity contribution in [3.63, 3.8) is 0 Å². The van der Waals surface area contributed by atoms with Crippen LogP contribution in [0, 0.1) is 11.2 Å². The van der Waals surface area contributed by atoms with E-state index in [0.717, 1.165) is 25.7 Å². The second-order valence-electron chi connectivity index (χ2n) is 8.10. The van der Waals surface area contributed by atoms with Crippen molar-refractivity contribution in [2.24, 2.45) is 5.41 Å². The molecule has 150 valence electrons. The van der Waals surface area contributed by atoms with Crippen molar-refractivity contribution in [2.75, 3.05) is 20.8 Å². The third-order valence-electron chi connectivity index (χ3n) is 6.61. The highest BCUT2D eigenvalue weighted by Gasteiger charge is 2.55. The van der Waals surface area contributed by atoms with Gasteiger partial charge in [0.15, 0.2) is 11.5 Å². The first-order valence-electron chi connectivity index (χ1n) is 9.91. The molecule has 4 rings (SSSR count). The molecule has 2 aromatic rings. The lowest BCUT2D eigenvalue weighted by molar-refractivity contribution is 0.0748. The average Bonchev–Trinajstić information content (AvgIpc) is 3.24. The zero-order valence-corrected chi connectivity index (χ0v) is 16.5. The van der Waals surface area contributed by atoms with Gasteiger partial charge in [-0.2, -0.15) is 0 Å². The first-order valence-corrected chi connectivity index (χ1v) is 9.91. The first-order chi connectivity index (χ1) is 13.6. The number of aliphatic hydroxyl groups is 1. The number of rotatable bonds is 7. The molecule has 2 aromatic carbocycles. The minimum Gasteiger partial charge on any atom is -0.493 e. The normalized spacial score (nSPS) is 26.6. The Balaban J connectivity index is 1.59. The smallest absolute Gasteiger partial charge is 0.163 e. The van der Waals surface area contributed by atoms with Crippen LogP contribution in [0.3, 0.4) is 0 Å². The van der Waals surface area contributed by atoms with Gasteiger partial charge in [0.25, 0.3) is 0 Å². The number of halogens is 1. The van der Waals surface area contributed by atoms with Crippen LogP contribution >= 0.6 is 0 Å². The Bertz CT molecular complexity index is 828. The van der Waals surface area contributed by atoms with E-state index in [9.17, 15) is 9.50 Å². The zero-order chi connectivity index (χ0) is 19.7. The topological polar surface area (TPSA) is 41.9 Å². The molecular formula is C23H28FNO3. The number of fused-ring (bicyclic) bond motifs is 2. The van der Waals surface area contributed by atoms with Gasteiger partial charge in [-0.15, -0.1) is 0 Å². The van der Waals surface area contributed by atoms with E-state index in [2.05, 4.69) is 17.0 Å². The van der Waals surface area contributed by atoms with Crippen LogP contribution < -0.4 is 9.47 Å². The summed E-state index contributed by atoms with van der Waals surface area (Å²) in [6.45, 7) is 0.687. The first kappa shape index (κ1) is 19.2. The second-order valence-corrected chi connectivity index (χ2v) is 8.10. The minimum atomic E-state index is -0.276. The molecule has 0 unspecified atom stereocenters. The summed E-state index contributed by atoms with van der Waals surface area (Å²) in [7, 11) is 3.08. The van der Waals surface area contributed by atoms with Crippen LogP contribution in [0.1, 0.15) is 30.4 Å². The van der Waals surface area contributed by atoms with E-state index in [1.54, 1.807) is 13.2 Å². The molecule has 28 heavy (non-hydrogen) atoms. The number of aliphatic hydroxyl groups excluding tert-OH is 1.